The van der Waals surface area contributed by atoms with Crippen molar-refractivity contribution >= 4 is 27.8 Å². The van der Waals surface area contributed by atoms with Crippen molar-refractivity contribution in [3.63, 3.8) is 0 Å². The Bertz CT molecular complexity index is 2240. The summed E-state index contributed by atoms with van der Waals surface area (Å²) >= 11 is 0. The topological polar surface area (TPSA) is 3.24 Å². The van der Waals surface area contributed by atoms with Gasteiger partial charge < -0.3 is 4.90 Å². The third-order valence-corrected chi connectivity index (χ3v) is 12.9. The third kappa shape index (κ3) is 4.58. The van der Waals surface area contributed by atoms with Gasteiger partial charge in [-0.3, -0.25) is 0 Å². The van der Waals surface area contributed by atoms with Crippen LogP contribution in [-0.4, -0.2) is 0 Å². The van der Waals surface area contributed by atoms with Crippen molar-refractivity contribution < 1.29 is 0 Å². The van der Waals surface area contributed by atoms with Gasteiger partial charge in [-0.05, 0) is 154 Å². The monoisotopic (exact) mass is 635 g/mol. The zero-order valence-corrected chi connectivity index (χ0v) is 28.9. The first-order valence-corrected chi connectivity index (χ1v) is 18.8. The molecule has 1 nitrogen and oxygen atoms in total. The van der Waals surface area contributed by atoms with Crippen molar-refractivity contribution in [3.8, 4) is 22.3 Å². The molecule has 0 aromatic heterocycles. The third-order valence-electron chi connectivity index (χ3n) is 12.9. The summed E-state index contributed by atoms with van der Waals surface area (Å²) < 4.78 is 0. The van der Waals surface area contributed by atoms with E-state index < -0.39 is 0 Å². The van der Waals surface area contributed by atoms with Gasteiger partial charge in [-0.1, -0.05) is 111 Å². The van der Waals surface area contributed by atoms with Crippen molar-refractivity contribution in [2.24, 2.45) is 11.8 Å². The zero-order valence-electron chi connectivity index (χ0n) is 28.9. The van der Waals surface area contributed by atoms with Gasteiger partial charge in [0.2, 0.25) is 0 Å². The minimum atomic E-state index is -0.104. The first-order chi connectivity index (χ1) is 24.0. The van der Waals surface area contributed by atoms with Crippen LogP contribution in [0.5, 0.6) is 0 Å². The molecule has 3 atom stereocenters. The SMILES string of the molecule is CC1(C)c2cc(N(c3ccc(-c4cccc5c4CCCC5)cc3)c3ccccc3C3CC4CCC3C4)ccc2-c2ccc3ccccc3c21. The lowest BCUT2D eigenvalue weighted by atomic mass is 9.80. The molecule has 0 heterocycles. The molecule has 0 spiro atoms. The van der Waals surface area contributed by atoms with Gasteiger partial charge in [-0.15, -0.1) is 0 Å². The van der Waals surface area contributed by atoms with Gasteiger partial charge in [-0.2, -0.15) is 0 Å². The quantitative estimate of drug-likeness (QED) is 0.182. The normalized spacial score (nSPS) is 21.4. The van der Waals surface area contributed by atoms with Gasteiger partial charge in [0.1, 0.15) is 0 Å². The molecule has 4 aliphatic rings. The number of benzene rings is 6. The Labute approximate surface area is 291 Å². The highest BCUT2D eigenvalue weighted by Crippen LogP contribution is 2.56. The van der Waals surface area contributed by atoms with E-state index in [0.717, 1.165) is 11.8 Å². The second-order valence-electron chi connectivity index (χ2n) is 15.9. The van der Waals surface area contributed by atoms with E-state index in [9.17, 15) is 0 Å². The van der Waals surface area contributed by atoms with Crippen LogP contribution in [0, 0.1) is 11.8 Å². The van der Waals surface area contributed by atoms with Gasteiger partial charge >= 0.3 is 0 Å². The van der Waals surface area contributed by atoms with Crippen LogP contribution in [0.3, 0.4) is 0 Å². The Morgan fingerprint density at radius 1 is 0.633 bits per heavy atom. The summed E-state index contributed by atoms with van der Waals surface area (Å²) in [5.74, 6) is 2.37. The maximum absolute atomic E-state index is 2.59. The van der Waals surface area contributed by atoms with Gasteiger partial charge in [-0.25, -0.2) is 0 Å². The van der Waals surface area contributed by atoms with E-state index in [1.165, 1.54) is 118 Å². The number of anilines is 3. The molecular formula is C48H45N. The molecule has 1 heteroatoms. The highest BCUT2D eigenvalue weighted by atomic mass is 15.1. The highest BCUT2D eigenvalue weighted by Gasteiger charge is 2.42. The second-order valence-corrected chi connectivity index (χ2v) is 15.9. The van der Waals surface area contributed by atoms with E-state index in [-0.39, 0.29) is 5.41 Å². The smallest absolute Gasteiger partial charge is 0.0496 e. The fraction of sp³-hybridized carbons (Fsp3) is 0.292. The molecule has 49 heavy (non-hydrogen) atoms. The van der Waals surface area contributed by atoms with Crippen LogP contribution in [0.25, 0.3) is 33.0 Å². The molecule has 10 rings (SSSR count). The van der Waals surface area contributed by atoms with Crippen LogP contribution >= 0.6 is 0 Å². The number of fused-ring (bicyclic) bond motifs is 8. The first kappa shape index (κ1) is 29.3. The summed E-state index contributed by atoms with van der Waals surface area (Å²) in [6.07, 6.45) is 10.6. The van der Waals surface area contributed by atoms with Crippen LogP contribution in [0.15, 0.2) is 121 Å². The van der Waals surface area contributed by atoms with Crippen molar-refractivity contribution in [3.05, 3.63) is 149 Å². The Balaban J connectivity index is 1.12. The van der Waals surface area contributed by atoms with Crippen LogP contribution in [0.1, 0.15) is 86.1 Å². The molecule has 2 saturated carbocycles. The predicted molar refractivity (Wildman–Crippen MR) is 206 cm³/mol. The van der Waals surface area contributed by atoms with Crippen molar-refractivity contribution in [2.45, 2.75) is 76.5 Å². The van der Waals surface area contributed by atoms with Crippen LogP contribution in [-0.2, 0) is 18.3 Å². The Morgan fingerprint density at radius 3 is 2.29 bits per heavy atom. The molecule has 3 unspecified atom stereocenters. The summed E-state index contributed by atoms with van der Waals surface area (Å²) in [5.41, 5.74) is 16.8. The van der Waals surface area contributed by atoms with E-state index in [1.807, 2.05) is 0 Å². The van der Waals surface area contributed by atoms with Crippen molar-refractivity contribution in [2.75, 3.05) is 4.90 Å². The Kier molecular flexibility index (Phi) is 6.70. The number of rotatable bonds is 5. The molecule has 0 amide bonds. The van der Waals surface area contributed by atoms with Crippen molar-refractivity contribution in [1.82, 2.24) is 0 Å². The summed E-state index contributed by atoms with van der Waals surface area (Å²) in [4.78, 5) is 2.59. The van der Waals surface area contributed by atoms with Gasteiger partial charge in [0.05, 0.1) is 0 Å². The largest absolute Gasteiger partial charge is 0.310 e. The molecule has 2 bridgehead atoms. The highest BCUT2D eigenvalue weighted by molar-refractivity contribution is 5.98. The fourth-order valence-corrected chi connectivity index (χ4v) is 10.6. The summed E-state index contributed by atoms with van der Waals surface area (Å²) in [5, 5.41) is 2.70. The lowest BCUT2D eigenvalue weighted by molar-refractivity contribution is 0.420. The molecule has 0 radical (unpaired) electrons. The number of aryl methyl sites for hydroxylation is 1. The zero-order chi connectivity index (χ0) is 32.7. The Hall–Kier alpha value is -4.62. The standard InChI is InChI=1S/C48H45N/c1-48(2)45-30-37(25-27-41(45)43-26-22-33-11-4-6-14-40(33)47(43)48)49(46-17-8-7-15-42(46)44-29-31-18-19-35(44)28-31)36-23-20-34(21-24-36)39-16-9-12-32-10-3-5-13-38(32)39/h4,6-9,11-12,14-17,20-27,30-31,35,44H,3,5,10,13,18-19,28-29H2,1-2H3. The molecule has 242 valence electrons. The number of para-hydroxylation sites is 1. The van der Waals surface area contributed by atoms with E-state index in [2.05, 4.69) is 140 Å². The second kappa shape index (κ2) is 11.2. The lowest BCUT2D eigenvalue weighted by Crippen LogP contribution is -2.18. The minimum Gasteiger partial charge on any atom is -0.310 e. The van der Waals surface area contributed by atoms with E-state index in [1.54, 1.807) is 11.1 Å². The minimum absolute atomic E-state index is 0.104. The molecule has 6 aromatic rings. The van der Waals surface area contributed by atoms with Crippen LogP contribution in [0.2, 0.25) is 0 Å². The van der Waals surface area contributed by atoms with Gasteiger partial charge in [0.15, 0.2) is 0 Å². The van der Waals surface area contributed by atoms with Gasteiger partial charge in [0, 0.05) is 22.5 Å². The van der Waals surface area contributed by atoms with Crippen molar-refractivity contribution in [1.29, 1.82) is 0 Å². The molecule has 6 aromatic carbocycles. The summed E-state index contributed by atoms with van der Waals surface area (Å²) in [6, 6.07) is 46.7. The molecule has 2 fully saturated rings. The van der Waals surface area contributed by atoms with E-state index in [4.69, 9.17) is 0 Å². The maximum atomic E-state index is 2.59. The molecule has 0 aliphatic heterocycles. The number of hydrogen-bond acceptors (Lipinski definition) is 1. The fourth-order valence-electron chi connectivity index (χ4n) is 10.6. The Morgan fingerprint density at radius 2 is 1.43 bits per heavy atom. The maximum Gasteiger partial charge on any atom is 0.0496 e. The van der Waals surface area contributed by atoms with Crippen LogP contribution in [0.4, 0.5) is 17.1 Å². The van der Waals surface area contributed by atoms with Gasteiger partial charge in [0.25, 0.3) is 0 Å². The average Bonchev–Trinajstić information content (AvgIpc) is 3.85. The lowest BCUT2D eigenvalue weighted by Gasteiger charge is -2.33. The van der Waals surface area contributed by atoms with Crippen LogP contribution < -0.4 is 4.90 Å². The number of hydrogen-bond donors (Lipinski definition) is 0. The predicted octanol–water partition coefficient (Wildman–Crippen LogP) is 13.1. The van der Waals surface area contributed by atoms with E-state index in [0.29, 0.717) is 5.92 Å². The summed E-state index contributed by atoms with van der Waals surface area (Å²) in [7, 11) is 0. The molecule has 0 saturated heterocycles. The first-order valence-electron chi connectivity index (χ1n) is 18.8. The average molecular weight is 636 g/mol. The molecule has 0 N–H and O–H groups in total. The molecular weight excluding hydrogens is 591 g/mol. The summed E-state index contributed by atoms with van der Waals surface area (Å²) in [6.45, 7) is 4.85. The molecule has 4 aliphatic carbocycles. The van der Waals surface area contributed by atoms with E-state index >= 15 is 0 Å². The number of nitrogens with zero attached hydrogens (tertiary/aromatic N) is 1.